The lowest BCUT2D eigenvalue weighted by Gasteiger charge is -1.89. The van der Waals surface area contributed by atoms with Crippen molar-refractivity contribution in [1.29, 1.82) is 0 Å². The van der Waals surface area contributed by atoms with Crippen LogP contribution in [-0.2, 0) is 4.79 Å². The molecule has 0 aliphatic heterocycles. The average molecular weight is 125 g/mol. The monoisotopic (exact) mass is 125 g/mol. The third-order valence-electron chi connectivity index (χ3n) is 0.854. The van der Waals surface area contributed by atoms with Crippen molar-refractivity contribution in [1.82, 2.24) is 5.32 Å². The highest BCUT2D eigenvalue weighted by Crippen LogP contribution is 1.81. The summed E-state index contributed by atoms with van der Waals surface area (Å²) in [6.45, 7) is 3.46. The van der Waals surface area contributed by atoms with Gasteiger partial charge in [0.15, 0.2) is 0 Å². The Balaban J connectivity index is 3.37. The zero-order valence-corrected chi connectivity index (χ0v) is 5.55. The summed E-state index contributed by atoms with van der Waals surface area (Å²) in [5.41, 5.74) is 0. The van der Waals surface area contributed by atoms with Crippen LogP contribution in [0.15, 0.2) is 24.8 Å². The SMILES string of the molecule is C=C/C=C\CC(=O)NC. The van der Waals surface area contributed by atoms with Crippen LogP contribution in [-0.4, -0.2) is 13.0 Å². The van der Waals surface area contributed by atoms with Crippen molar-refractivity contribution < 1.29 is 4.79 Å². The van der Waals surface area contributed by atoms with E-state index >= 15 is 0 Å². The predicted molar refractivity (Wildman–Crippen MR) is 38.0 cm³/mol. The molecule has 0 spiro atoms. The number of carbonyl (C=O) groups excluding carboxylic acids is 1. The minimum atomic E-state index is 0.0214. The average Bonchev–Trinajstić information content (AvgIpc) is 1.89. The van der Waals surface area contributed by atoms with E-state index in [2.05, 4.69) is 11.9 Å². The zero-order chi connectivity index (χ0) is 7.11. The fraction of sp³-hybridized carbons (Fsp3) is 0.286. The number of hydrogen-bond donors (Lipinski definition) is 1. The molecule has 0 aromatic heterocycles. The van der Waals surface area contributed by atoms with Gasteiger partial charge in [-0.15, -0.1) is 0 Å². The van der Waals surface area contributed by atoms with E-state index in [0.717, 1.165) is 0 Å². The van der Waals surface area contributed by atoms with Gasteiger partial charge in [0.2, 0.25) is 5.91 Å². The van der Waals surface area contributed by atoms with Crippen LogP contribution >= 0.6 is 0 Å². The lowest BCUT2D eigenvalue weighted by atomic mass is 10.3. The summed E-state index contributed by atoms with van der Waals surface area (Å²) in [6.07, 6.45) is 5.58. The maximum atomic E-state index is 10.5. The highest BCUT2D eigenvalue weighted by Gasteiger charge is 1.88. The molecular formula is C7H11NO. The molecule has 2 heteroatoms. The van der Waals surface area contributed by atoms with E-state index in [0.29, 0.717) is 6.42 Å². The van der Waals surface area contributed by atoms with Gasteiger partial charge in [0.05, 0.1) is 0 Å². The Morgan fingerprint density at radius 2 is 2.44 bits per heavy atom. The quantitative estimate of drug-likeness (QED) is 0.557. The Bertz CT molecular complexity index is 127. The second-order valence-electron chi connectivity index (χ2n) is 1.54. The number of amides is 1. The van der Waals surface area contributed by atoms with Crippen LogP contribution in [0.1, 0.15) is 6.42 Å². The molecule has 9 heavy (non-hydrogen) atoms. The smallest absolute Gasteiger partial charge is 0.223 e. The van der Waals surface area contributed by atoms with Crippen molar-refractivity contribution in [3.63, 3.8) is 0 Å². The first-order valence-electron chi connectivity index (χ1n) is 2.79. The van der Waals surface area contributed by atoms with Gasteiger partial charge in [-0.05, 0) is 0 Å². The molecular weight excluding hydrogens is 114 g/mol. The van der Waals surface area contributed by atoms with Gasteiger partial charge >= 0.3 is 0 Å². The molecule has 0 radical (unpaired) electrons. The largest absolute Gasteiger partial charge is 0.359 e. The van der Waals surface area contributed by atoms with Crippen LogP contribution in [0.2, 0.25) is 0 Å². The van der Waals surface area contributed by atoms with Gasteiger partial charge in [0.1, 0.15) is 0 Å². The molecule has 0 aromatic carbocycles. The second kappa shape index (κ2) is 5.09. The van der Waals surface area contributed by atoms with Crippen molar-refractivity contribution >= 4 is 5.91 Å². The molecule has 0 saturated carbocycles. The highest BCUT2D eigenvalue weighted by molar-refractivity contribution is 5.77. The van der Waals surface area contributed by atoms with E-state index in [1.807, 2.05) is 0 Å². The molecule has 1 amide bonds. The molecule has 0 aromatic rings. The summed E-state index contributed by atoms with van der Waals surface area (Å²) in [7, 11) is 1.62. The summed E-state index contributed by atoms with van der Waals surface area (Å²) in [4.78, 5) is 10.5. The zero-order valence-electron chi connectivity index (χ0n) is 5.55. The molecule has 0 heterocycles. The van der Waals surface area contributed by atoms with E-state index < -0.39 is 0 Å². The van der Waals surface area contributed by atoms with Gasteiger partial charge in [-0.3, -0.25) is 4.79 Å². The lowest BCUT2D eigenvalue weighted by Crippen LogP contribution is -2.15. The van der Waals surface area contributed by atoms with Crippen LogP contribution < -0.4 is 5.32 Å². The van der Waals surface area contributed by atoms with E-state index in [9.17, 15) is 4.79 Å². The topological polar surface area (TPSA) is 29.1 Å². The van der Waals surface area contributed by atoms with Gasteiger partial charge < -0.3 is 5.32 Å². The molecule has 0 atom stereocenters. The molecule has 0 aliphatic carbocycles. The van der Waals surface area contributed by atoms with Gasteiger partial charge in [-0.25, -0.2) is 0 Å². The second-order valence-corrected chi connectivity index (χ2v) is 1.54. The van der Waals surface area contributed by atoms with Gasteiger partial charge in [-0.2, -0.15) is 0 Å². The van der Waals surface area contributed by atoms with Crippen molar-refractivity contribution in [2.45, 2.75) is 6.42 Å². The van der Waals surface area contributed by atoms with Gasteiger partial charge in [0, 0.05) is 13.5 Å². The van der Waals surface area contributed by atoms with E-state index in [-0.39, 0.29) is 5.91 Å². The summed E-state index contributed by atoms with van der Waals surface area (Å²) in [5, 5.41) is 2.50. The van der Waals surface area contributed by atoms with Crippen molar-refractivity contribution in [2.75, 3.05) is 7.05 Å². The highest BCUT2D eigenvalue weighted by atomic mass is 16.1. The summed E-state index contributed by atoms with van der Waals surface area (Å²) in [5.74, 6) is 0.0214. The Hall–Kier alpha value is -1.05. The Morgan fingerprint density at radius 3 is 2.89 bits per heavy atom. The van der Waals surface area contributed by atoms with Crippen LogP contribution in [0.4, 0.5) is 0 Å². The number of allylic oxidation sites excluding steroid dienone is 2. The number of hydrogen-bond acceptors (Lipinski definition) is 1. The first-order chi connectivity index (χ1) is 4.31. The van der Waals surface area contributed by atoms with Gasteiger partial charge in [-0.1, -0.05) is 24.8 Å². The maximum Gasteiger partial charge on any atom is 0.223 e. The minimum Gasteiger partial charge on any atom is -0.359 e. The van der Waals surface area contributed by atoms with E-state index in [1.54, 1.807) is 25.3 Å². The lowest BCUT2D eigenvalue weighted by molar-refractivity contribution is -0.119. The summed E-state index contributed by atoms with van der Waals surface area (Å²) >= 11 is 0. The minimum absolute atomic E-state index is 0.0214. The molecule has 0 rings (SSSR count). The molecule has 0 fully saturated rings. The molecule has 0 aliphatic rings. The van der Waals surface area contributed by atoms with E-state index in [4.69, 9.17) is 0 Å². The standard InChI is InChI=1S/C7H11NO/c1-3-4-5-6-7(9)8-2/h3-5H,1,6H2,2H3,(H,8,9)/b5-4-. The molecule has 0 saturated heterocycles. The van der Waals surface area contributed by atoms with Crippen LogP contribution in [0.25, 0.3) is 0 Å². The van der Waals surface area contributed by atoms with Crippen LogP contribution in [0.5, 0.6) is 0 Å². The predicted octanol–water partition coefficient (Wildman–Crippen LogP) is 0.865. The summed E-state index contributed by atoms with van der Waals surface area (Å²) in [6, 6.07) is 0. The first-order valence-corrected chi connectivity index (χ1v) is 2.79. The van der Waals surface area contributed by atoms with Crippen LogP contribution in [0.3, 0.4) is 0 Å². The Labute approximate surface area is 55.3 Å². The molecule has 0 unspecified atom stereocenters. The molecule has 50 valence electrons. The van der Waals surface area contributed by atoms with Crippen molar-refractivity contribution in [2.24, 2.45) is 0 Å². The summed E-state index contributed by atoms with van der Waals surface area (Å²) < 4.78 is 0. The maximum absolute atomic E-state index is 10.5. The molecule has 1 N–H and O–H groups in total. The fourth-order valence-corrected chi connectivity index (χ4v) is 0.373. The Kier molecular flexibility index (Phi) is 4.50. The number of rotatable bonds is 3. The van der Waals surface area contributed by atoms with Crippen LogP contribution in [0, 0.1) is 0 Å². The van der Waals surface area contributed by atoms with Crippen molar-refractivity contribution in [3.05, 3.63) is 24.8 Å². The first kappa shape index (κ1) is 7.95. The van der Waals surface area contributed by atoms with Crippen molar-refractivity contribution in [3.8, 4) is 0 Å². The van der Waals surface area contributed by atoms with Gasteiger partial charge in [0.25, 0.3) is 0 Å². The normalized spacial score (nSPS) is 9.44. The number of nitrogens with one attached hydrogen (secondary N) is 1. The fourth-order valence-electron chi connectivity index (χ4n) is 0.373. The van der Waals surface area contributed by atoms with E-state index in [1.165, 1.54) is 0 Å². The molecule has 0 bridgehead atoms. The third-order valence-corrected chi connectivity index (χ3v) is 0.854. The Morgan fingerprint density at radius 1 is 1.78 bits per heavy atom. The number of carbonyl (C=O) groups is 1. The molecule has 2 nitrogen and oxygen atoms in total. The third kappa shape index (κ3) is 4.81.